The van der Waals surface area contributed by atoms with E-state index in [4.69, 9.17) is 16.3 Å². The number of nitrogens with zero attached hydrogens (tertiary/aromatic N) is 2. The van der Waals surface area contributed by atoms with Crippen molar-refractivity contribution in [1.82, 2.24) is 0 Å². The monoisotopic (exact) mass is 448 g/mol. The molecule has 2 aromatic rings. The van der Waals surface area contributed by atoms with Crippen molar-refractivity contribution in [3.8, 4) is 0 Å². The molecule has 2 heterocycles. The Kier molecular flexibility index (Phi) is 7.52. The van der Waals surface area contributed by atoms with Crippen LogP contribution in [0.3, 0.4) is 0 Å². The second-order valence-corrected chi connectivity index (χ2v) is 8.72. The number of aliphatic imine (C=N–C) groups is 1. The van der Waals surface area contributed by atoms with Gasteiger partial charge in [-0.15, -0.1) is 11.3 Å². The maximum absolute atomic E-state index is 13.1. The lowest BCUT2D eigenvalue weighted by Gasteiger charge is -2.18. The Bertz CT molecular complexity index is 955. The zero-order valence-corrected chi connectivity index (χ0v) is 18.6. The van der Waals surface area contributed by atoms with Gasteiger partial charge >= 0.3 is 5.97 Å². The summed E-state index contributed by atoms with van der Waals surface area (Å²) in [5, 5.41) is 3.14. The van der Waals surface area contributed by atoms with E-state index in [0.717, 1.165) is 10.4 Å². The third-order valence-corrected chi connectivity index (χ3v) is 6.38. The average molecular weight is 449 g/mol. The fourth-order valence-electron chi connectivity index (χ4n) is 2.66. The number of rotatable bonds is 7. The van der Waals surface area contributed by atoms with E-state index in [1.807, 2.05) is 36.6 Å². The number of carbonyl (C=O) groups excluding carboxylic acids is 2. The molecule has 1 aromatic carbocycles. The Morgan fingerprint density at radius 3 is 2.90 bits per heavy atom. The van der Waals surface area contributed by atoms with Crippen LogP contribution >= 0.6 is 34.7 Å². The highest BCUT2D eigenvalue weighted by Gasteiger charge is 2.32. The van der Waals surface area contributed by atoms with Crippen LogP contribution in [-0.2, 0) is 14.3 Å². The van der Waals surface area contributed by atoms with E-state index in [-0.39, 0.29) is 11.9 Å². The average Bonchev–Trinajstić information content (AvgIpc) is 3.30. The van der Waals surface area contributed by atoms with Crippen molar-refractivity contribution < 1.29 is 14.3 Å². The zero-order chi connectivity index (χ0) is 20.8. The van der Waals surface area contributed by atoms with Gasteiger partial charge in [0.05, 0.1) is 12.3 Å². The molecule has 0 atom stereocenters. The van der Waals surface area contributed by atoms with Crippen LogP contribution in [0.2, 0.25) is 5.02 Å². The molecule has 1 aromatic heterocycles. The van der Waals surface area contributed by atoms with Crippen LogP contribution in [0.15, 0.2) is 46.4 Å². The molecule has 0 spiro atoms. The lowest BCUT2D eigenvalue weighted by molar-refractivity contribution is -0.143. The SMILES string of the molecule is CCOC(=O)CCCSC1=N/C(=C\c2cccs2)C(=O)N1c1ccc(C)c(Cl)c1. The van der Waals surface area contributed by atoms with Gasteiger partial charge in [0.15, 0.2) is 5.17 Å². The van der Waals surface area contributed by atoms with Crippen molar-refractivity contribution in [1.29, 1.82) is 0 Å². The highest BCUT2D eigenvalue weighted by Crippen LogP contribution is 2.32. The molecule has 0 aliphatic carbocycles. The number of thioether (sulfide) groups is 1. The van der Waals surface area contributed by atoms with E-state index in [0.29, 0.717) is 46.8 Å². The number of carbonyl (C=O) groups is 2. The number of anilines is 1. The summed E-state index contributed by atoms with van der Waals surface area (Å²) in [6, 6.07) is 9.40. The van der Waals surface area contributed by atoms with E-state index in [2.05, 4.69) is 4.99 Å². The molecule has 1 amide bonds. The molecule has 3 rings (SSSR count). The van der Waals surface area contributed by atoms with Gasteiger partial charge in [-0.3, -0.25) is 14.5 Å². The molecule has 0 radical (unpaired) electrons. The summed E-state index contributed by atoms with van der Waals surface area (Å²) in [6.45, 7) is 4.09. The Balaban J connectivity index is 1.80. The van der Waals surface area contributed by atoms with Gasteiger partial charge < -0.3 is 4.74 Å². The normalized spacial score (nSPS) is 15.1. The first-order chi connectivity index (χ1) is 14.0. The van der Waals surface area contributed by atoms with Gasteiger partial charge in [-0.2, -0.15) is 0 Å². The third kappa shape index (κ3) is 5.50. The number of aryl methyl sites for hydroxylation is 1. The Hall–Kier alpha value is -2.09. The summed E-state index contributed by atoms with van der Waals surface area (Å²) in [5.41, 5.74) is 2.01. The van der Waals surface area contributed by atoms with Crippen molar-refractivity contribution in [2.45, 2.75) is 26.7 Å². The van der Waals surface area contributed by atoms with Gasteiger partial charge in [0, 0.05) is 22.1 Å². The van der Waals surface area contributed by atoms with Crippen molar-refractivity contribution in [3.63, 3.8) is 0 Å². The number of hydrogen-bond acceptors (Lipinski definition) is 6. The number of benzene rings is 1. The van der Waals surface area contributed by atoms with Crippen LogP contribution in [0.4, 0.5) is 5.69 Å². The third-order valence-electron chi connectivity index (χ3n) is 4.13. The van der Waals surface area contributed by atoms with Crippen LogP contribution in [0, 0.1) is 6.92 Å². The molecule has 5 nitrogen and oxygen atoms in total. The first kappa shape index (κ1) is 21.6. The van der Waals surface area contributed by atoms with Crippen LogP contribution < -0.4 is 4.90 Å². The number of amidine groups is 1. The Labute approximate surface area is 183 Å². The van der Waals surface area contributed by atoms with E-state index in [1.165, 1.54) is 11.8 Å². The number of amides is 1. The predicted octanol–water partition coefficient (Wildman–Crippen LogP) is 5.53. The number of esters is 1. The second kappa shape index (κ2) is 10.1. The summed E-state index contributed by atoms with van der Waals surface area (Å²) in [4.78, 5) is 31.7. The second-order valence-electron chi connectivity index (χ2n) is 6.27. The maximum Gasteiger partial charge on any atom is 0.305 e. The van der Waals surface area contributed by atoms with Gasteiger partial charge in [0.25, 0.3) is 5.91 Å². The van der Waals surface area contributed by atoms with Crippen LogP contribution in [-0.4, -0.2) is 29.4 Å². The Morgan fingerprint density at radius 2 is 2.21 bits per heavy atom. The van der Waals surface area contributed by atoms with Gasteiger partial charge in [0.1, 0.15) is 5.70 Å². The highest BCUT2D eigenvalue weighted by atomic mass is 35.5. The van der Waals surface area contributed by atoms with Crippen LogP contribution in [0.1, 0.15) is 30.2 Å². The molecule has 0 N–H and O–H groups in total. The quantitative estimate of drug-likeness (QED) is 0.317. The molecular weight excluding hydrogens is 428 g/mol. The number of hydrogen-bond donors (Lipinski definition) is 0. The first-order valence-corrected chi connectivity index (χ1v) is 11.5. The molecule has 0 fully saturated rings. The molecule has 8 heteroatoms. The molecule has 1 aliphatic heterocycles. The van der Waals surface area contributed by atoms with Gasteiger partial charge in [0.2, 0.25) is 0 Å². The zero-order valence-electron chi connectivity index (χ0n) is 16.2. The molecule has 152 valence electrons. The molecule has 1 aliphatic rings. The lowest BCUT2D eigenvalue weighted by Crippen LogP contribution is -2.30. The fourth-order valence-corrected chi connectivity index (χ4v) is 4.44. The maximum atomic E-state index is 13.1. The fraction of sp³-hybridized carbons (Fsp3) is 0.286. The summed E-state index contributed by atoms with van der Waals surface area (Å²) in [7, 11) is 0. The summed E-state index contributed by atoms with van der Waals surface area (Å²) < 4.78 is 4.96. The Morgan fingerprint density at radius 1 is 1.38 bits per heavy atom. The van der Waals surface area contributed by atoms with E-state index in [1.54, 1.807) is 35.3 Å². The van der Waals surface area contributed by atoms with Gasteiger partial charge in [-0.1, -0.05) is 35.5 Å². The molecule has 0 unspecified atom stereocenters. The predicted molar refractivity (Wildman–Crippen MR) is 122 cm³/mol. The van der Waals surface area contributed by atoms with E-state index in [9.17, 15) is 9.59 Å². The summed E-state index contributed by atoms with van der Waals surface area (Å²) >= 11 is 9.27. The minimum absolute atomic E-state index is 0.189. The molecule has 0 saturated heterocycles. The first-order valence-electron chi connectivity index (χ1n) is 9.22. The molecule has 0 bridgehead atoms. The minimum atomic E-state index is -0.210. The number of ether oxygens (including phenoxy) is 1. The van der Waals surface area contributed by atoms with Gasteiger partial charge in [-0.05, 0) is 55.5 Å². The summed E-state index contributed by atoms with van der Waals surface area (Å²) in [6.07, 6.45) is 2.78. The molecular formula is C21H21ClN2O3S2. The highest BCUT2D eigenvalue weighted by molar-refractivity contribution is 8.14. The topological polar surface area (TPSA) is 59.0 Å². The standard InChI is InChI=1S/C21H21ClN2O3S2/c1-3-27-19(25)7-5-11-29-21-23-18(13-16-6-4-10-28-16)20(26)24(21)15-9-8-14(2)17(22)12-15/h4,6,8-10,12-13H,3,5,7,11H2,1-2H3/b18-13-. The van der Waals surface area contributed by atoms with Crippen LogP contribution in [0.25, 0.3) is 6.08 Å². The summed E-state index contributed by atoms with van der Waals surface area (Å²) in [5.74, 6) is 0.247. The van der Waals surface area contributed by atoms with Crippen molar-refractivity contribution >= 4 is 63.5 Å². The van der Waals surface area contributed by atoms with Gasteiger partial charge in [-0.25, -0.2) is 4.99 Å². The smallest absolute Gasteiger partial charge is 0.305 e. The van der Waals surface area contributed by atoms with Crippen molar-refractivity contribution in [3.05, 3.63) is 56.9 Å². The van der Waals surface area contributed by atoms with Crippen molar-refractivity contribution in [2.24, 2.45) is 4.99 Å². The number of halogens is 1. The number of thiophene rings is 1. The largest absolute Gasteiger partial charge is 0.466 e. The van der Waals surface area contributed by atoms with Crippen LogP contribution in [0.5, 0.6) is 0 Å². The van der Waals surface area contributed by atoms with E-state index < -0.39 is 0 Å². The van der Waals surface area contributed by atoms with Crippen molar-refractivity contribution in [2.75, 3.05) is 17.3 Å². The minimum Gasteiger partial charge on any atom is -0.466 e. The molecule has 29 heavy (non-hydrogen) atoms. The van der Waals surface area contributed by atoms with E-state index >= 15 is 0 Å². The lowest BCUT2D eigenvalue weighted by atomic mass is 10.2. The molecule has 0 saturated carbocycles.